The minimum Gasteiger partial charge on any atom is -0.398 e. The van der Waals surface area contributed by atoms with Gasteiger partial charge in [0.25, 0.3) is 0 Å². The molecule has 2 aromatic carbocycles. The Labute approximate surface area is 127 Å². The van der Waals surface area contributed by atoms with E-state index in [-0.39, 0.29) is 0 Å². The van der Waals surface area contributed by atoms with E-state index in [1.165, 1.54) is 35.6 Å². The first kappa shape index (κ1) is 13.2. The second-order valence-corrected chi connectivity index (χ2v) is 7.95. The predicted molar refractivity (Wildman–Crippen MR) is 90.3 cm³/mol. The van der Waals surface area contributed by atoms with E-state index in [2.05, 4.69) is 57.2 Å². The molecule has 1 nitrogen and oxygen atoms in total. The molecule has 2 bridgehead atoms. The van der Waals surface area contributed by atoms with E-state index >= 15 is 0 Å². The molecule has 2 aliphatic rings. The van der Waals surface area contributed by atoms with Crippen molar-refractivity contribution in [2.75, 3.05) is 5.73 Å². The third-order valence-corrected chi connectivity index (χ3v) is 7.17. The Morgan fingerprint density at radius 2 is 1.81 bits per heavy atom. The first-order chi connectivity index (χ1) is 9.95. The van der Waals surface area contributed by atoms with E-state index < -0.39 is 0 Å². The SMILES string of the molecule is CC1(C)C2CCC1(C)C(c1ccc3ccccc3c1N)C2. The van der Waals surface area contributed by atoms with Crippen LogP contribution in [0.25, 0.3) is 10.8 Å². The lowest BCUT2D eigenvalue weighted by molar-refractivity contribution is 0.135. The largest absolute Gasteiger partial charge is 0.398 e. The molecule has 110 valence electrons. The van der Waals surface area contributed by atoms with Crippen LogP contribution in [0.5, 0.6) is 0 Å². The molecule has 0 aliphatic heterocycles. The number of benzene rings is 2. The number of hydrogen-bond donors (Lipinski definition) is 1. The Balaban J connectivity index is 1.87. The van der Waals surface area contributed by atoms with Crippen LogP contribution in [0.3, 0.4) is 0 Å². The highest BCUT2D eigenvalue weighted by molar-refractivity contribution is 5.94. The fraction of sp³-hybridized carbons (Fsp3) is 0.500. The maximum Gasteiger partial charge on any atom is 0.0429 e. The Morgan fingerprint density at radius 3 is 2.48 bits per heavy atom. The molecule has 0 radical (unpaired) electrons. The quantitative estimate of drug-likeness (QED) is 0.699. The van der Waals surface area contributed by atoms with Crippen molar-refractivity contribution >= 4 is 16.5 Å². The van der Waals surface area contributed by atoms with Gasteiger partial charge in [-0.1, -0.05) is 57.2 Å². The van der Waals surface area contributed by atoms with Crippen molar-refractivity contribution in [1.29, 1.82) is 0 Å². The third kappa shape index (κ3) is 1.52. The summed E-state index contributed by atoms with van der Waals surface area (Å²) in [4.78, 5) is 0. The Kier molecular flexibility index (Phi) is 2.53. The molecule has 3 unspecified atom stereocenters. The number of nitrogens with two attached hydrogens (primary N) is 1. The molecule has 2 N–H and O–H groups in total. The molecule has 2 fully saturated rings. The normalized spacial score (nSPS) is 33.7. The van der Waals surface area contributed by atoms with Gasteiger partial charge in [0.15, 0.2) is 0 Å². The average Bonchev–Trinajstić information content (AvgIpc) is 2.81. The van der Waals surface area contributed by atoms with Gasteiger partial charge in [0.2, 0.25) is 0 Å². The summed E-state index contributed by atoms with van der Waals surface area (Å²) in [6, 6.07) is 13.0. The maximum absolute atomic E-state index is 6.58. The zero-order chi connectivity index (χ0) is 14.8. The summed E-state index contributed by atoms with van der Waals surface area (Å²) < 4.78 is 0. The van der Waals surface area contributed by atoms with Gasteiger partial charge in [-0.05, 0) is 52.9 Å². The van der Waals surface area contributed by atoms with Crippen molar-refractivity contribution < 1.29 is 0 Å². The van der Waals surface area contributed by atoms with Gasteiger partial charge in [-0.15, -0.1) is 0 Å². The third-order valence-electron chi connectivity index (χ3n) is 7.17. The number of nitrogen functional groups attached to an aromatic ring is 1. The topological polar surface area (TPSA) is 26.0 Å². The van der Waals surface area contributed by atoms with Crippen LogP contribution in [-0.2, 0) is 0 Å². The zero-order valence-electron chi connectivity index (χ0n) is 13.3. The van der Waals surface area contributed by atoms with Crippen LogP contribution in [0.4, 0.5) is 5.69 Å². The molecule has 0 aromatic heterocycles. The number of rotatable bonds is 1. The molecule has 0 spiro atoms. The van der Waals surface area contributed by atoms with Gasteiger partial charge in [0.05, 0.1) is 0 Å². The molecule has 1 heteroatoms. The first-order valence-corrected chi connectivity index (χ1v) is 8.22. The predicted octanol–water partition coefficient (Wildman–Crippen LogP) is 5.35. The van der Waals surface area contributed by atoms with Crippen LogP contribution in [0.15, 0.2) is 36.4 Å². The van der Waals surface area contributed by atoms with Crippen LogP contribution < -0.4 is 5.73 Å². The molecular weight excluding hydrogens is 254 g/mol. The average molecular weight is 279 g/mol. The lowest BCUT2D eigenvalue weighted by Gasteiger charge is -2.40. The Morgan fingerprint density at radius 1 is 1.05 bits per heavy atom. The van der Waals surface area contributed by atoms with E-state index in [9.17, 15) is 0 Å². The lowest BCUT2D eigenvalue weighted by atomic mass is 9.64. The van der Waals surface area contributed by atoms with Crippen molar-refractivity contribution in [3.63, 3.8) is 0 Å². The van der Waals surface area contributed by atoms with E-state index in [1.54, 1.807) is 0 Å². The Hall–Kier alpha value is -1.50. The number of hydrogen-bond acceptors (Lipinski definition) is 1. The van der Waals surface area contributed by atoms with Gasteiger partial charge in [0, 0.05) is 11.1 Å². The summed E-state index contributed by atoms with van der Waals surface area (Å²) in [5, 5.41) is 2.48. The lowest BCUT2D eigenvalue weighted by Crippen LogP contribution is -2.31. The minimum atomic E-state index is 0.397. The molecule has 21 heavy (non-hydrogen) atoms. The van der Waals surface area contributed by atoms with Crippen LogP contribution >= 0.6 is 0 Å². The fourth-order valence-electron chi connectivity index (χ4n) is 5.29. The van der Waals surface area contributed by atoms with Gasteiger partial charge >= 0.3 is 0 Å². The molecule has 0 saturated heterocycles. The number of fused-ring (bicyclic) bond motifs is 3. The van der Waals surface area contributed by atoms with Crippen LogP contribution in [0.2, 0.25) is 0 Å². The standard InChI is InChI=1S/C20H25N/c1-19(2)14-10-11-20(19,3)17(12-14)16-9-8-13-6-4-5-7-15(13)18(16)21/h4-9,14,17H,10-12,21H2,1-3H3. The molecule has 2 aromatic rings. The summed E-state index contributed by atoms with van der Waals surface area (Å²) >= 11 is 0. The van der Waals surface area contributed by atoms with Crippen molar-refractivity contribution in [1.82, 2.24) is 0 Å². The smallest absolute Gasteiger partial charge is 0.0429 e. The van der Waals surface area contributed by atoms with Crippen molar-refractivity contribution in [2.45, 2.75) is 46.0 Å². The highest BCUT2D eigenvalue weighted by Crippen LogP contribution is 2.71. The maximum atomic E-state index is 6.58. The van der Waals surface area contributed by atoms with E-state index in [4.69, 9.17) is 5.73 Å². The summed E-state index contributed by atoms with van der Waals surface area (Å²) in [6.07, 6.45) is 4.06. The highest BCUT2D eigenvalue weighted by Gasteiger charge is 2.61. The first-order valence-electron chi connectivity index (χ1n) is 8.22. The second-order valence-electron chi connectivity index (χ2n) is 7.95. The summed E-state index contributed by atoms with van der Waals surface area (Å²) in [7, 11) is 0. The minimum absolute atomic E-state index is 0.397. The summed E-state index contributed by atoms with van der Waals surface area (Å²) in [5.41, 5.74) is 9.83. The van der Waals surface area contributed by atoms with Crippen molar-refractivity contribution in [3.05, 3.63) is 42.0 Å². The van der Waals surface area contributed by atoms with Gasteiger partial charge in [0.1, 0.15) is 0 Å². The zero-order valence-corrected chi connectivity index (χ0v) is 13.3. The van der Waals surface area contributed by atoms with E-state index in [0.717, 1.165) is 11.6 Å². The Bertz CT molecular complexity index is 715. The molecule has 3 atom stereocenters. The molecule has 2 aliphatic carbocycles. The van der Waals surface area contributed by atoms with Gasteiger partial charge in [-0.25, -0.2) is 0 Å². The fourth-order valence-corrected chi connectivity index (χ4v) is 5.29. The summed E-state index contributed by atoms with van der Waals surface area (Å²) in [5.74, 6) is 1.48. The monoisotopic (exact) mass is 279 g/mol. The molecular formula is C20H25N. The summed E-state index contributed by atoms with van der Waals surface area (Å²) in [6.45, 7) is 7.45. The van der Waals surface area contributed by atoms with Crippen molar-refractivity contribution in [2.24, 2.45) is 16.7 Å². The van der Waals surface area contributed by atoms with E-state index in [0.29, 0.717) is 16.7 Å². The van der Waals surface area contributed by atoms with Crippen molar-refractivity contribution in [3.8, 4) is 0 Å². The highest BCUT2D eigenvalue weighted by atomic mass is 14.7. The van der Waals surface area contributed by atoms with E-state index in [1.807, 2.05) is 0 Å². The van der Waals surface area contributed by atoms with Crippen LogP contribution in [-0.4, -0.2) is 0 Å². The number of anilines is 1. The van der Waals surface area contributed by atoms with Gasteiger partial charge in [-0.3, -0.25) is 0 Å². The molecule has 0 amide bonds. The molecule has 0 heterocycles. The van der Waals surface area contributed by atoms with Crippen LogP contribution in [0.1, 0.15) is 51.5 Å². The molecule has 4 rings (SSSR count). The van der Waals surface area contributed by atoms with Gasteiger partial charge < -0.3 is 5.73 Å². The second kappa shape index (κ2) is 4.03. The van der Waals surface area contributed by atoms with Crippen LogP contribution in [0, 0.1) is 16.7 Å². The van der Waals surface area contributed by atoms with Gasteiger partial charge in [-0.2, -0.15) is 0 Å². The molecule has 2 saturated carbocycles.